The van der Waals surface area contributed by atoms with Gasteiger partial charge in [-0.15, -0.1) is 10.2 Å². The van der Waals surface area contributed by atoms with Crippen molar-refractivity contribution in [1.29, 1.82) is 0 Å². The molecule has 0 saturated heterocycles. The van der Waals surface area contributed by atoms with Crippen LogP contribution in [0.15, 0.2) is 65.8 Å². The molecule has 182 valence electrons. The first kappa shape index (κ1) is 25.2. The minimum Gasteiger partial charge on any atom is -0.496 e. The summed E-state index contributed by atoms with van der Waals surface area (Å²) < 4.78 is 51.9. The van der Waals surface area contributed by atoms with E-state index < -0.39 is 11.7 Å². The molecule has 0 fully saturated rings. The fourth-order valence-electron chi connectivity index (χ4n) is 3.41. The van der Waals surface area contributed by atoms with E-state index in [9.17, 15) is 13.2 Å². The summed E-state index contributed by atoms with van der Waals surface area (Å²) in [6, 6.07) is 15.5. The molecular formula is C24H18Cl2F3N3O2S. The quantitative estimate of drug-likeness (QED) is 0.226. The molecule has 4 rings (SSSR count). The van der Waals surface area contributed by atoms with Gasteiger partial charge in [0.1, 0.15) is 11.5 Å². The van der Waals surface area contributed by atoms with E-state index >= 15 is 0 Å². The van der Waals surface area contributed by atoms with Gasteiger partial charge in [-0.1, -0.05) is 53.2 Å². The summed E-state index contributed by atoms with van der Waals surface area (Å²) in [5.74, 6) is 1.68. The zero-order valence-electron chi connectivity index (χ0n) is 18.4. The molecule has 1 aromatic heterocycles. The topological polar surface area (TPSA) is 49.2 Å². The van der Waals surface area contributed by atoms with Crippen LogP contribution in [0.1, 0.15) is 11.1 Å². The Labute approximate surface area is 213 Å². The first-order valence-corrected chi connectivity index (χ1v) is 11.9. The van der Waals surface area contributed by atoms with E-state index in [1.165, 1.54) is 32.0 Å². The van der Waals surface area contributed by atoms with Gasteiger partial charge in [0.15, 0.2) is 11.0 Å². The third-order valence-electron chi connectivity index (χ3n) is 5.05. The summed E-state index contributed by atoms with van der Waals surface area (Å²) in [6.07, 6.45) is -4.42. The SMILES string of the molecule is COc1ccc(-n2c(SCc3cccc(C(F)(F)F)c3)nnc2-c2cc(Cl)ccc2OC)cc1Cl. The van der Waals surface area contributed by atoms with E-state index in [-0.39, 0.29) is 5.75 Å². The van der Waals surface area contributed by atoms with Crippen LogP contribution in [0.25, 0.3) is 17.1 Å². The van der Waals surface area contributed by atoms with Crippen molar-refractivity contribution >= 4 is 35.0 Å². The molecule has 4 aromatic rings. The molecule has 0 aliphatic rings. The average molecular weight is 540 g/mol. The van der Waals surface area contributed by atoms with Crippen LogP contribution in [0.4, 0.5) is 13.2 Å². The van der Waals surface area contributed by atoms with Crippen molar-refractivity contribution in [2.75, 3.05) is 14.2 Å². The first-order chi connectivity index (χ1) is 16.7. The Morgan fingerprint density at radius 1 is 0.914 bits per heavy atom. The molecule has 35 heavy (non-hydrogen) atoms. The van der Waals surface area contributed by atoms with Gasteiger partial charge in [-0.3, -0.25) is 4.57 Å². The number of halogens is 5. The Bertz CT molecular complexity index is 1360. The molecule has 3 aromatic carbocycles. The number of benzene rings is 3. The lowest BCUT2D eigenvalue weighted by atomic mass is 10.1. The molecule has 0 spiro atoms. The van der Waals surface area contributed by atoms with E-state index in [0.29, 0.717) is 49.3 Å². The molecule has 5 nitrogen and oxygen atoms in total. The van der Waals surface area contributed by atoms with Gasteiger partial charge in [0.05, 0.1) is 36.1 Å². The average Bonchev–Trinajstić information content (AvgIpc) is 3.26. The third kappa shape index (κ3) is 5.52. The van der Waals surface area contributed by atoms with Gasteiger partial charge in [-0.2, -0.15) is 13.2 Å². The van der Waals surface area contributed by atoms with Crippen molar-refractivity contribution in [3.8, 4) is 28.6 Å². The lowest BCUT2D eigenvalue weighted by Gasteiger charge is -2.14. The van der Waals surface area contributed by atoms with Gasteiger partial charge in [0.25, 0.3) is 0 Å². The summed E-state index contributed by atoms with van der Waals surface area (Å²) in [5.41, 5.74) is 1.01. The molecule has 0 aliphatic carbocycles. The highest BCUT2D eigenvalue weighted by molar-refractivity contribution is 7.98. The number of ether oxygens (including phenoxy) is 2. The number of rotatable bonds is 7. The summed E-state index contributed by atoms with van der Waals surface area (Å²) in [6.45, 7) is 0. The highest BCUT2D eigenvalue weighted by Gasteiger charge is 2.30. The maximum Gasteiger partial charge on any atom is 0.416 e. The van der Waals surface area contributed by atoms with Crippen LogP contribution in [0.2, 0.25) is 10.0 Å². The fourth-order valence-corrected chi connectivity index (χ4v) is 4.72. The van der Waals surface area contributed by atoms with E-state index in [4.69, 9.17) is 32.7 Å². The van der Waals surface area contributed by atoms with E-state index in [1.54, 1.807) is 47.0 Å². The summed E-state index contributed by atoms with van der Waals surface area (Å²) in [4.78, 5) is 0. The van der Waals surface area contributed by atoms with Gasteiger partial charge >= 0.3 is 6.18 Å². The lowest BCUT2D eigenvalue weighted by Crippen LogP contribution is -2.05. The largest absolute Gasteiger partial charge is 0.496 e. The predicted molar refractivity (Wildman–Crippen MR) is 131 cm³/mol. The van der Waals surface area contributed by atoms with Crippen LogP contribution >= 0.6 is 35.0 Å². The molecular weight excluding hydrogens is 522 g/mol. The molecule has 0 bridgehead atoms. The highest BCUT2D eigenvalue weighted by Crippen LogP contribution is 2.38. The Kier molecular flexibility index (Phi) is 7.49. The van der Waals surface area contributed by atoms with Crippen LogP contribution in [-0.2, 0) is 11.9 Å². The van der Waals surface area contributed by atoms with Crippen LogP contribution in [0.5, 0.6) is 11.5 Å². The number of aromatic nitrogens is 3. The normalized spacial score (nSPS) is 11.5. The number of thioether (sulfide) groups is 1. The molecule has 11 heteroatoms. The smallest absolute Gasteiger partial charge is 0.416 e. The number of hydrogen-bond donors (Lipinski definition) is 0. The standard InChI is InChI=1S/C24H18Cl2F3N3O2S/c1-33-20-8-6-16(25)11-18(20)22-30-31-23(32(22)17-7-9-21(34-2)19(26)12-17)35-13-14-4-3-5-15(10-14)24(27,28)29/h3-12H,13H2,1-2H3. The lowest BCUT2D eigenvalue weighted by molar-refractivity contribution is -0.137. The zero-order valence-corrected chi connectivity index (χ0v) is 20.8. The van der Waals surface area contributed by atoms with E-state index in [1.807, 2.05) is 0 Å². The molecule has 1 heterocycles. The maximum absolute atomic E-state index is 13.1. The monoisotopic (exact) mass is 539 g/mol. The van der Waals surface area contributed by atoms with Gasteiger partial charge in [-0.25, -0.2) is 0 Å². The van der Waals surface area contributed by atoms with Crippen molar-refractivity contribution in [3.05, 3.63) is 81.8 Å². The molecule has 0 unspecified atom stereocenters. The summed E-state index contributed by atoms with van der Waals surface area (Å²) >= 11 is 13.9. The van der Waals surface area contributed by atoms with Crippen LogP contribution in [0, 0.1) is 0 Å². The van der Waals surface area contributed by atoms with Crippen LogP contribution in [-0.4, -0.2) is 29.0 Å². The highest BCUT2D eigenvalue weighted by atomic mass is 35.5. The van der Waals surface area contributed by atoms with Crippen LogP contribution < -0.4 is 9.47 Å². The van der Waals surface area contributed by atoms with Crippen molar-refractivity contribution in [2.45, 2.75) is 17.1 Å². The maximum atomic E-state index is 13.1. The molecule has 0 atom stereocenters. The Morgan fingerprint density at radius 2 is 1.66 bits per heavy atom. The summed E-state index contributed by atoms with van der Waals surface area (Å²) in [7, 11) is 3.04. The molecule has 0 aliphatic heterocycles. The molecule has 0 amide bonds. The summed E-state index contributed by atoms with van der Waals surface area (Å²) in [5, 5.41) is 9.96. The van der Waals surface area contributed by atoms with E-state index in [0.717, 1.165) is 12.1 Å². The minimum absolute atomic E-state index is 0.235. The number of methoxy groups -OCH3 is 2. The number of alkyl halides is 3. The molecule has 0 saturated carbocycles. The predicted octanol–water partition coefficient (Wildman–Crippen LogP) is 7.57. The van der Waals surface area contributed by atoms with Gasteiger partial charge < -0.3 is 9.47 Å². The van der Waals surface area contributed by atoms with Gasteiger partial charge in [-0.05, 0) is 48.0 Å². The third-order valence-corrected chi connectivity index (χ3v) is 6.58. The van der Waals surface area contributed by atoms with Gasteiger partial charge in [0.2, 0.25) is 0 Å². The van der Waals surface area contributed by atoms with Crippen molar-refractivity contribution in [3.63, 3.8) is 0 Å². The second-order valence-corrected chi connectivity index (χ2v) is 9.08. The second kappa shape index (κ2) is 10.4. The van der Waals surface area contributed by atoms with Crippen molar-refractivity contribution in [2.24, 2.45) is 0 Å². The molecule has 0 N–H and O–H groups in total. The van der Waals surface area contributed by atoms with Gasteiger partial charge in [0, 0.05) is 10.8 Å². The van der Waals surface area contributed by atoms with Crippen molar-refractivity contribution in [1.82, 2.24) is 14.8 Å². The van der Waals surface area contributed by atoms with Crippen molar-refractivity contribution < 1.29 is 22.6 Å². The Hall–Kier alpha value is -2.88. The number of nitrogens with zero attached hydrogens (tertiary/aromatic N) is 3. The minimum atomic E-state index is -4.42. The molecule has 0 radical (unpaired) electrons. The Morgan fingerprint density at radius 3 is 2.34 bits per heavy atom. The Balaban J connectivity index is 1.79. The number of hydrogen-bond acceptors (Lipinski definition) is 5. The van der Waals surface area contributed by atoms with E-state index in [2.05, 4.69) is 10.2 Å². The second-order valence-electron chi connectivity index (χ2n) is 7.29. The first-order valence-electron chi connectivity index (χ1n) is 10.1. The fraction of sp³-hybridized carbons (Fsp3) is 0.167. The van der Waals surface area contributed by atoms with Crippen LogP contribution in [0.3, 0.4) is 0 Å². The zero-order chi connectivity index (χ0) is 25.2.